The number of nitrogens with zero attached hydrogens (tertiary/aromatic N) is 4. The summed E-state index contributed by atoms with van der Waals surface area (Å²) in [7, 11) is 0. The molecule has 2 aromatic heterocycles. The summed E-state index contributed by atoms with van der Waals surface area (Å²) in [5, 5.41) is 16.7. The summed E-state index contributed by atoms with van der Waals surface area (Å²) < 4.78 is 43.6. The fourth-order valence-corrected chi connectivity index (χ4v) is 4.29. The van der Waals surface area contributed by atoms with Crippen LogP contribution in [0, 0.1) is 11.3 Å². The third-order valence-electron chi connectivity index (χ3n) is 6.09. The monoisotopic (exact) mass is 511 g/mol. The second kappa shape index (κ2) is 11.3. The second-order valence-electron chi connectivity index (χ2n) is 8.62. The molecule has 0 amide bonds. The molecule has 1 N–H and O–H groups in total. The molecule has 37 heavy (non-hydrogen) atoms. The molecule has 8 nitrogen and oxygen atoms in total. The van der Waals surface area contributed by atoms with E-state index in [1.54, 1.807) is 30.6 Å². The number of fused-ring (bicyclic) bond motifs is 3. The van der Waals surface area contributed by atoms with Crippen molar-refractivity contribution in [2.75, 3.05) is 13.1 Å². The molecule has 0 saturated heterocycles. The van der Waals surface area contributed by atoms with Crippen molar-refractivity contribution in [1.82, 2.24) is 20.1 Å². The second-order valence-corrected chi connectivity index (χ2v) is 8.62. The minimum atomic E-state index is -5.28. The number of halogens is 3. The standard InChI is InChI=1S/C26H24F3N5O3/c27-26(28,29)25(36)37-24(35)23-21-9-8-19-16-32-13-10-20(19)22(21)33-34(23)14-2-12-31-11-1-3-17-4-6-18(15-30)7-5-17/h4-7,10,13,16,31H,1-3,8-9,11-12,14H2. The van der Waals surface area contributed by atoms with Crippen LogP contribution in [0.2, 0.25) is 0 Å². The fourth-order valence-electron chi connectivity index (χ4n) is 4.29. The maximum Gasteiger partial charge on any atom is 0.491 e. The van der Waals surface area contributed by atoms with E-state index in [4.69, 9.17) is 5.26 Å². The molecular formula is C26H24F3N5O3. The Hall–Kier alpha value is -4.04. The molecule has 11 heteroatoms. The van der Waals surface area contributed by atoms with E-state index in [-0.39, 0.29) is 12.2 Å². The van der Waals surface area contributed by atoms with Gasteiger partial charge >= 0.3 is 18.1 Å². The predicted molar refractivity (Wildman–Crippen MR) is 126 cm³/mol. The number of benzene rings is 1. The molecule has 1 aromatic carbocycles. The Morgan fingerprint density at radius 3 is 2.59 bits per heavy atom. The van der Waals surface area contributed by atoms with Crippen LogP contribution in [-0.4, -0.2) is 46.0 Å². The first kappa shape index (κ1) is 26.0. The molecule has 0 saturated carbocycles. The van der Waals surface area contributed by atoms with Gasteiger partial charge in [0.1, 0.15) is 0 Å². The van der Waals surface area contributed by atoms with E-state index >= 15 is 0 Å². The number of ether oxygens (including phenoxy) is 1. The van der Waals surface area contributed by atoms with Gasteiger partial charge in [0.15, 0.2) is 5.69 Å². The first-order valence-electron chi connectivity index (χ1n) is 11.8. The largest absolute Gasteiger partial charge is 0.491 e. The molecule has 0 fully saturated rings. The molecule has 0 spiro atoms. The van der Waals surface area contributed by atoms with Gasteiger partial charge in [0, 0.05) is 30.1 Å². The Morgan fingerprint density at radius 1 is 1.11 bits per heavy atom. The zero-order valence-corrected chi connectivity index (χ0v) is 19.8. The SMILES string of the molecule is N#Cc1ccc(CCCNCCCn2nc3c(c2C(=O)OC(=O)C(F)(F)F)CCc2cnccc2-3)cc1. The molecule has 0 atom stereocenters. The number of aromatic nitrogens is 3. The summed E-state index contributed by atoms with van der Waals surface area (Å²) >= 11 is 0. The van der Waals surface area contributed by atoms with Crippen molar-refractivity contribution in [3.63, 3.8) is 0 Å². The molecule has 0 unspecified atom stereocenters. The van der Waals surface area contributed by atoms with E-state index < -0.39 is 18.1 Å². The van der Waals surface area contributed by atoms with Crippen molar-refractivity contribution >= 4 is 11.9 Å². The molecule has 192 valence electrons. The van der Waals surface area contributed by atoms with Crippen LogP contribution in [0.1, 0.15) is 45.6 Å². The van der Waals surface area contributed by atoms with Gasteiger partial charge in [-0.05, 0) is 74.5 Å². The van der Waals surface area contributed by atoms with E-state index in [2.05, 4.69) is 26.2 Å². The van der Waals surface area contributed by atoms with Crippen molar-refractivity contribution in [1.29, 1.82) is 5.26 Å². The van der Waals surface area contributed by atoms with E-state index in [1.165, 1.54) is 4.68 Å². The lowest BCUT2D eigenvalue weighted by atomic mass is 9.90. The van der Waals surface area contributed by atoms with Gasteiger partial charge in [-0.15, -0.1) is 0 Å². The number of aryl methyl sites for hydroxylation is 3. The zero-order chi connectivity index (χ0) is 26.4. The Kier molecular flexibility index (Phi) is 7.98. The maximum atomic E-state index is 12.7. The van der Waals surface area contributed by atoms with Crippen LogP contribution < -0.4 is 5.32 Å². The van der Waals surface area contributed by atoms with Gasteiger partial charge in [-0.3, -0.25) is 9.67 Å². The van der Waals surface area contributed by atoms with Crippen LogP contribution in [-0.2, 0) is 35.3 Å². The molecular weight excluding hydrogens is 487 g/mol. The topological polar surface area (TPSA) is 110 Å². The number of rotatable bonds is 9. The number of alkyl halides is 3. The third-order valence-corrected chi connectivity index (χ3v) is 6.09. The van der Waals surface area contributed by atoms with Crippen LogP contribution in [0.15, 0.2) is 42.7 Å². The van der Waals surface area contributed by atoms with Crippen molar-refractivity contribution in [2.45, 2.75) is 44.8 Å². The highest BCUT2D eigenvalue weighted by Gasteiger charge is 2.43. The number of hydrogen-bond acceptors (Lipinski definition) is 7. The smallest absolute Gasteiger partial charge is 0.381 e. The highest BCUT2D eigenvalue weighted by atomic mass is 19.4. The van der Waals surface area contributed by atoms with Crippen LogP contribution in [0.4, 0.5) is 13.2 Å². The van der Waals surface area contributed by atoms with Gasteiger partial charge < -0.3 is 10.1 Å². The van der Waals surface area contributed by atoms with Crippen LogP contribution >= 0.6 is 0 Å². The van der Waals surface area contributed by atoms with Gasteiger partial charge in [-0.25, -0.2) is 9.59 Å². The summed E-state index contributed by atoms with van der Waals surface area (Å²) in [6.45, 7) is 1.58. The van der Waals surface area contributed by atoms with Gasteiger partial charge in [-0.1, -0.05) is 12.1 Å². The number of nitrogens with one attached hydrogen (secondary N) is 1. The Labute approximate surface area is 211 Å². The number of carbonyl (C=O) groups is 2. The van der Waals surface area contributed by atoms with Gasteiger partial charge in [0.25, 0.3) is 0 Å². The number of nitriles is 1. The minimum Gasteiger partial charge on any atom is -0.381 e. The fraction of sp³-hybridized carbons (Fsp3) is 0.346. The van der Waals surface area contributed by atoms with Crippen molar-refractivity contribution in [3.05, 3.63) is 70.7 Å². The average Bonchev–Trinajstić information content (AvgIpc) is 3.27. The van der Waals surface area contributed by atoms with E-state index in [0.29, 0.717) is 42.6 Å². The average molecular weight is 512 g/mol. The molecule has 3 aromatic rings. The summed E-state index contributed by atoms with van der Waals surface area (Å²) in [5.41, 5.74) is 4.26. The van der Waals surface area contributed by atoms with E-state index in [9.17, 15) is 22.8 Å². The van der Waals surface area contributed by atoms with Crippen LogP contribution in [0.3, 0.4) is 0 Å². The van der Waals surface area contributed by atoms with Crippen molar-refractivity contribution in [3.8, 4) is 17.3 Å². The number of pyridine rings is 1. The van der Waals surface area contributed by atoms with Crippen LogP contribution in [0.5, 0.6) is 0 Å². The maximum absolute atomic E-state index is 12.7. The molecule has 0 bridgehead atoms. The van der Waals surface area contributed by atoms with Crippen molar-refractivity contribution in [2.24, 2.45) is 0 Å². The Morgan fingerprint density at radius 2 is 1.86 bits per heavy atom. The zero-order valence-electron chi connectivity index (χ0n) is 19.8. The summed E-state index contributed by atoms with van der Waals surface area (Å²) in [6.07, 6.45) is 1.19. The Balaban J connectivity index is 1.39. The molecule has 0 aliphatic heterocycles. The van der Waals surface area contributed by atoms with Gasteiger partial charge in [0.05, 0.1) is 17.3 Å². The lowest BCUT2D eigenvalue weighted by Crippen LogP contribution is -2.29. The Bertz CT molecular complexity index is 1330. The normalized spacial score (nSPS) is 12.4. The van der Waals surface area contributed by atoms with Crippen LogP contribution in [0.25, 0.3) is 11.3 Å². The molecule has 2 heterocycles. The minimum absolute atomic E-state index is 0.129. The molecule has 0 radical (unpaired) electrons. The molecule has 1 aliphatic rings. The lowest BCUT2D eigenvalue weighted by Gasteiger charge is -2.15. The summed E-state index contributed by atoms with van der Waals surface area (Å²) in [6, 6.07) is 11.3. The number of carbonyl (C=O) groups excluding carboxylic acids is 2. The van der Waals surface area contributed by atoms with Gasteiger partial charge in [-0.2, -0.15) is 23.5 Å². The quantitative estimate of drug-likeness (QED) is 0.265. The highest BCUT2D eigenvalue weighted by Crippen LogP contribution is 2.34. The predicted octanol–water partition coefficient (Wildman–Crippen LogP) is 3.77. The number of hydrogen-bond donors (Lipinski definition) is 1. The lowest BCUT2D eigenvalue weighted by molar-refractivity contribution is -0.193. The molecule has 1 aliphatic carbocycles. The van der Waals surface area contributed by atoms with Crippen molar-refractivity contribution < 1.29 is 27.5 Å². The summed E-state index contributed by atoms with van der Waals surface area (Å²) in [4.78, 5) is 28.1. The number of esters is 2. The van der Waals surface area contributed by atoms with Gasteiger partial charge in [0.2, 0.25) is 0 Å². The van der Waals surface area contributed by atoms with E-state index in [0.717, 1.165) is 36.1 Å². The first-order valence-corrected chi connectivity index (χ1v) is 11.8. The first-order chi connectivity index (χ1) is 17.8. The summed E-state index contributed by atoms with van der Waals surface area (Å²) in [5.74, 6) is -3.91. The van der Waals surface area contributed by atoms with E-state index in [1.807, 2.05) is 12.1 Å². The molecule has 4 rings (SSSR count). The third kappa shape index (κ3) is 6.21. The highest BCUT2D eigenvalue weighted by molar-refractivity contribution is 5.99.